The molecule has 0 aliphatic heterocycles. The summed E-state index contributed by atoms with van der Waals surface area (Å²) in [5.74, 6) is 1.61. The van der Waals surface area contributed by atoms with Gasteiger partial charge >= 0.3 is 0 Å². The van der Waals surface area contributed by atoms with Crippen LogP contribution < -0.4 is 5.32 Å². The lowest BCUT2D eigenvalue weighted by atomic mass is 9.69. The quantitative estimate of drug-likeness (QED) is 0.793. The second kappa shape index (κ2) is 5.50. The molecular weight excluding hydrogens is 196 g/mol. The third-order valence-electron chi connectivity index (χ3n) is 4.59. The normalized spacial score (nSPS) is 33.4. The zero-order valence-corrected chi connectivity index (χ0v) is 12.0. The first kappa shape index (κ1) is 14.0. The zero-order valence-electron chi connectivity index (χ0n) is 12.0. The van der Waals surface area contributed by atoms with Crippen molar-refractivity contribution in [2.75, 3.05) is 21.1 Å². The van der Waals surface area contributed by atoms with Crippen molar-refractivity contribution in [3.63, 3.8) is 0 Å². The Bertz CT molecular complexity index is 203. The van der Waals surface area contributed by atoms with Crippen molar-refractivity contribution < 1.29 is 0 Å². The number of nitrogens with zero attached hydrogens (tertiary/aromatic N) is 1. The lowest BCUT2D eigenvalue weighted by Crippen LogP contribution is -2.61. The average Bonchev–Trinajstić information content (AvgIpc) is 2.21. The van der Waals surface area contributed by atoms with E-state index in [2.05, 4.69) is 52.1 Å². The standard InChI is InChI=1S/C14H30N2/c1-11(2)13(15-4)14(16(5)6)9-7-12(3)8-10-14/h11-13,15H,7-10H2,1-6H3. The number of nitrogens with one attached hydrogen (secondary N) is 1. The largest absolute Gasteiger partial charge is 0.315 e. The highest BCUT2D eigenvalue weighted by molar-refractivity contribution is 5.02. The van der Waals surface area contributed by atoms with Crippen molar-refractivity contribution in [3.8, 4) is 0 Å². The Balaban J connectivity index is 2.87. The number of hydrogen-bond donors (Lipinski definition) is 1. The molecule has 1 saturated carbocycles. The fourth-order valence-corrected chi connectivity index (χ4v) is 3.52. The maximum atomic E-state index is 3.57. The van der Waals surface area contributed by atoms with E-state index in [0.29, 0.717) is 17.5 Å². The Morgan fingerprint density at radius 3 is 2.00 bits per heavy atom. The van der Waals surface area contributed by atoms with Crippen LogP contribution in [-0.4, -0.2) is 37.6 Å². The van der Waals surface area contributed by atoms with Gasteiger partial charge in [-0.25, -0.2) is 0 Å². The first-order valence-electron chi connectivity index (χ1n) is 6.78. The van der Waals surface area contributed by atoms with Gasteiger partial charge in [0.1, 0.15) is 0 Å². The van der Waals surface area contributed by atoms with E-state index in [4.69, 9.17) is 0 Å². The van der Waals surface area contributed by atoms with E-state index in [1.807, 2.05) is 0 Å². The third kappa shape index (κ3) is 2.60. The molecule has 16 heavy (non-hydrogen) atoms. The van der Waals surface area contributed by atoms with Crippen LogP contribution in [0.1, 0.15) is 46.5 Å². The van der Waals surface area contributed by atoms with Crippen molar-refractivity contribution in [2.45, 2.75) is 58.0 Å². The molecule has 0 radical (unpaired) electrons. The third-order valence-corrected chi connectivity index (χ3v) is 4.59. The average molecular weight is 226 g/mol. The van der Waals surface area contributed by atoms with Gasteiger partial charge in [-0.3, -0.25) is 0 Å². The molecule has 0 spiro atoms. The fraction of sp³-hybridized carbons (Fsp3) is 1.00. The maximum absolute atomic E-state index is 3.57. The van der Waals surface area contributed by atoms with Crippen LogP contribution in [0.15, 0.2) is 0 Å². The molecule has 2 nitrogen and oxygen atoms in total. The van der Waals surface area contributed by atoms with E-state index >= 15 is 0 Å². The highest BCUT2D eigenvalue weighted by Crippen LogP contribution is 2.39. The van der Waals surface area contributed by atoms with Crippen LogP contribution in [0.25, 0.3) is 0 Å². The Hall–Kier alpha value is -0.0800. The van der Waals surface area contributed by atoms with Crippen LogP contribution in [-0.2, 0) is 0 Å². The summed E-state index contributed by atoms with van der Waals surface area (Å²) in [6.45, 7) is 7.07. The van der Waals surface area contributed by atoms with E-state index in [-0.39, 0.29) is 0 Å². The summed E-state index contributed by atoms with van der Waals surface area (Å²) in [5, 5.41) is 3.57. The van der Waals surface area contributed by atoms with Gasteiger partial charge in [0, 0.05) is 11.6 Å². The highest BCUT2D eigenvalue weighted by atomic mass is 15.2. The highest BCUT2D eigenvalue weighted by Gasteiger charge is 2.43. The smallest absolute Gasteiger partial charge is 0.0359 e. The number of hydrogen-bond acceptors (Lipinski definition) is 2. The van der Waals surface area contributed by atoms with Crippen LogP contribution >= 0.6 is 0 Å². The lowest BCUT2D eigenvalue weighted by Gasteiger charge is -2.51. The van der Waals surface area contributed by atoms with Crippen molar-refractivity contribution >= 4 is 0 Å². The van der Waals surface area contributed by atoms with E-state index < -0.39 is 0 Å². The molecule has 1 aliphatic rings. The molecule has 2 heteroatoms. The monoisotopic (exact) mass is 226 g/mol. The zero-order chi connectivity index (χ0) is 12.3. The van der Waals surface area contributed by atoms with Gasteiger partial charge in [0.15, 0.2) is 0 Å². The molecule has 0 heterocycles. The molecule has 0 saturated heterocycles. The second-order valence-electron chi connectivity index (χ2n) is 6.19. The van der Waals surface area contributed by atoms with Gasteiger partial charge in [0.2, 0.25) is 0 Å². The van der Waals surface area contributed by atoms with E-state index in [1.165, 1.54) is 25.7 Å². The minimum Gasteiger partial charge on any atom is -0.315 e. The van der Waals surface area contributed by atoms with Crippen LogP contribution in [0.4, 0.5) is 0 Å². The van der Waals surface area contributed by atoms with Crippen LogP contribution in [0, 0.1) is 11.8 Å². The summed E-state index contributed by atoms with van der Waals surface area (Å²) in [6, 6.07) is 0.606. The molecule has 1 rings (SSSR count). The van der Waals surface area contributed by atoms with Crippen molar-refractivity contribution in [1.82, 2.24) is 10.2 Å². The molecule has 1 atom stereocenters. The molecule has 0 amide bonds. The Kier molecular flexibility index (Phi) is 4.81. The predicted molar refractivity (Wildman–Crippen MR) is 71.7 cm³/mol. The van der Waals surface area contributed by atoms with Crippen LogP contribution in [0.3, 0.4) is 0 Å². The predicted octanol–water partition coefficient (Wildman–Crippen LogP) is 2.74. The maximum Gasteiger partial charge on any atom is 0.0359 e. The van der Waals surface area contributed by atoms with Crippen molar-refractivity contribution in [3.05, 3.63) is 0 Å². The van der Waals surface area contributed by atoms with Gasteiger partial charge < -0.3 is 10.2 Å². The molecule has 1 unspecified atom stereocenters. The summed E-state index contributed by atoms with van der Waals surface area (Å²) in [7, 11) is 6.62. The molecule has 96 valence electrons. The van der Waals surface area contributed by atoms with Gasteiger partial charge in [0.05, 0.1) is 0 Å². The van der Waals surface area contributed by atoms with Gasteiger partial charge in [-0.05, 0) is 58.7 Å². The second-order valence-corrected chi connectivity index (χ2v) is 6.19. The fourth-order valence-electron chi connectivity index (χ4n) is 3.52. The van der Waals surface area contributed by atoms with Crippen molar-refractivity contribution in [1.29, 1.82) is 0 Å². The summed E-state index contributed by atoms with van der Waals surface area (Å²) >= 11 is 0. The minimum absolute atomic E-state index is 0.370. The minimum atomic E-state index is 0.370. The summed E-state index contributed by atoms with van der Waals surface area (Å²) in [5.41, 5.74) is 0.370. The molecule has 1 fully saturated rings. The molecule has 0 aromatic rings. The van der Waals surface area contributed by atoms with E-state index in [0.717, 1.165) is 5.92 Å². The SMILES string of the molecule is CNC(C(C)C)C1(N(C)C)CCC(C)CC1. The first-order valence-corrected chi connectivity index (χ1v) is 6.78. The topological polar surface area (TPSA) is 15.3 Å². The molecule has 0 bridgehead atoms. The Morgan fingerprint density at radius 1 is 1.19 bits per heavy atom. The van der Waals surface area contributed by atoms with Gasteiger partial charge in [0.25, 0.3) is 0 Å². The first-order chi connectivity index (χ1) is 7.44. The number of likely N-dealkylation sites (N-methyl/N-ethyl adjacent to an activating group) is 2. The summed E-state index contributed by atoms with van der Waals surface area (Å²) < 4.78 is 0. The molecule has 0 aromatic heterocycles. The Labute approximate surface area is 102 Å². The summed E-state index contributed by atoms with van der Waals surface area (Å²) in [6.07, 6.45) is 5.43. The lowest BCUT2D eigenvalue weighted by molar-refractivity contribution is 0.0298. The van der Waals surface area contributed by atoms with Crippen molar-refractivity contribution in [2.24, 2.45) is 11.8 Å². The summed E-state index contributed by atoms with van der Waals surface area (Å²) in [4.78, 5) is 2.47. The van der Waals surface area contributed by atoms with Gasteiger partial charge in [-0.1, -0.05) is 20.8 Å². The molecule has 0 aromatic carbocycles. The molecular formula is C14H30N2. The number of rotatable bonds is 4. The molecule has 1 aliphatic carbocycles. The van der Waals surface area contributed by atoms with Gasteiger partial charge in [-0.15, -0.1) is 0 Å². The van der Waals surface area contributed by atoms with Crippen LogP contribution in [0.2, 0.25) is 0 Å². The van der Waals surface area contributed by atoms with Gasteiger partial charge in [-0.2, -0.15) is 0 Å². The van der Waals surface area contributed by atoms with Crippen LogP contribution in [0.5, 0.6) is 0 Å². The van der Waals surface area contributed by atoms with E-state index in [1.54, 1.807) is 0 Å². The Morgan fingerprint density at radius 2 is 1.69 bits per heavy atom. The van der Waals surface area contributed by atoms with E-state index in [9.17, 15) is 0 Å². The molecule has 1 N–H and O–H groups in total.